The first-order valence-corrected chi connectivity index (χ1v) is 11.9. The molecule has 2 aromatic heterocycles. The van der Waals surface area contributed by atoms with E-state index in [9.17, 15) is 4.79 Å². The quantitative estimate of drug-likeness (QED) is 0.325. The van der Waals surface area contributed by atoms with Gasteiger partial charge in [-0.2, -0.15) is 10.2 Å². The summed E-state index contributed by atoms with van der Waals surface area (Å²) in [6.45, 7) is 5.47. The Balaban J connectivity index is 1.22. The van der Waals surface area contributed by atoms with Gasteiger partial charge < -0.3 is 4.90 Å². The van der Waals surface area contributed by atoms with Gasteiger partial charge in [0.2, 0.25) is 0 Å². The molecule has 34 heavy (non-hydrogen) atoms. The molecule has 4 rings (SSSR count). The summed E-state index contributed by atoms with van der Waals surface area (Å²) in [5.41, 5.74) is 7.21. The zero-order valence-electron chi connectivity index (χ0n) is 20.3. The molecular weight excluding hydrogens is 422 g/mol. The number of nitrogens with one attached hydrogen (secondary N) is 1. The minimum atomic E-state index is 0.0660. The van der Waals surface area contributed by atoms with E-state index in [1.807, 2.05) is 66.0 Å². The fraction of sp³-hybridized carbons (Fsp3) is 0.321. The van der Waals surface area contributed by atoms with Crippen molar-refractivity contribution in [2.24, 2.45) is 0 Å². The largest absolute Gasteiger partial charge is 0.342 e. The van der Waals surface area contributed by atoms with E-state index in [2.05, 4.69) is 46.5 Å². The van der Waals surface area contributed by atoms with Crippen LogP contribution >= 0.6 is 0 Å². The lowest BCUT2D eigenvalue weighted by Crippen LogP contribution is -2.27. The second kappa shape index (κ2) is 11.0. The number of rotatable bonds is 10. The molecule has 176 valence electrons. The number of hydrogen-bond donors (Lipinski definition) is 1. The van der Waals surface area contributed by atoms with Crippen LogP contribution in [0.1, 0.15) is 52.3 Å². The Morgan fingerprint density at radius 1 is 0.971 bits per heavy atom. The van der Waals surface area contributed by atoms with Crippen molar-refractivity contribution in [3.63, 3.8) is 0 Å². The van der Waals surface area contributed by atoms with Crippen LogP contribution in [0.5, 0.6) is 0 Å². The first kappa shape index (κ1) is 23.5. The van der Waals surface area contributed by atoms with Crippen molar-refractivity contribution in [2.45, 2.75) is 46.1 Å². The van der Waals surface area contributed by atoms with E-state index in [0.717, 1.165) is 71.7 Å². The van der Waals surface area contributed by atoms with Crippen LogP contribution < -0.4 is 0 Å². The zero-order valence-corrected chi connectivity index (χ0v) is 20.3. The number of unbranched alkanes of at least 4 members (excludes halogenated alkanes) is 2. The Kier molecular flexibility index (Phi) is 7.58. The zero-order chi connectivity index (χ0) is 23.9. The normalized spacial score (nSPS) is 11.0. The molecule has 0 saturated carbocycles. The third kappa shape index (κ3) is 6.01. The van der Waals surface area contributed by atoms with Crippen LogP contribution in [-0.2, 0) is 13.0 Å². The van der Waals surface area contributed by atoms with Crippen LogP contribution in [0.2, 0.25) is 0 Å². The number of hydrogen-bond acceptors (Lipinski definition) is 3. The van der Waals surface area contributed by atoms with Crippen molar-refractivity contribution in [1.82, 2.24) is 24.9 Å². The highest BCUT2D eigenvalue weighted by Crippen LogP contribution is 2.18. The van der Waals surface area contributed by atoms with Gasteiger partial charge in [0.25, 0.3) is 5.91 Å². The predicted octanol–water partition coefficient (Wildman–Crippen LogP) is 5.42. The van der Waals surface area contributed by atoms with Crippen LogP contribution in [-0.4, -0.2) is 44.4 Å². The summed E-state index contributed by atoms with van der Waals surface area (Å²) in [6.07, 6.45) is 4.07. The molecule has 0 bridgehead atoms. The highest BCUT2D eigenvalue weighted by Gasteiger charge is 2.12. The monoisotopic (exact) mass is 455 g/mol. The van der Waals surface area contributed by atoms with Crippen molar-refractivity contribution < 1.29 is 4.79 Å². The number of aromatic nitrogens is 4. The van der Waals surface area contributed by atoms with Crippen LogP contribution in [0.4, 0.5) is 0 Å². The molecule has 0 fully saturated rings. The molecule has 0 spiro atoms. The first-order chi connectivity index (χ1) is 16.5. The molecule has 0 saturated heterocycles. The Labute approximate surface area is 201 Å². The summed E-state index contributed by atoms with van der Waals surface area (Å²) in [4.78, 5) is 14.8. The Bertz CT molecular complexity index is 1220. The number of carbonyl (C=O) groups excluding carboxylic acids is 1. The van der Waals surface area contributed by atoms with Crippen molar-refractivity contribution in [1.29, 1.82) is 0 Å². The van der Waals surface area contributed by atoms with Crippen molar-refractivity contribution >= 4 is 5.91 Å². The molecule has 6 heteroatoms. The number of H-pyrrole nitrogens is 1. The Hall–Kier alpha value is -3.67. The van der Waals surface area contributed by atoms with Gasteiger partial charge in [-0.05, 0) is 62.9 Å². The molecule has 0 aliphatic heterocycles. The average molecular weight is 456 g/mol. The van der Waals surface area contributed by atoms with Gasteiger partial charge in [0, 0.05) is 36.1 Å². The summed E-state index contributed by atoms with van der Waals surface area (Å²) in [7, 11) is 1.89. The predicted molar refractivity (Wildman–Crippen MR) is 136 cm³/mol. The minimum Gasteiger partial charge on any atom is -0.342 e. The van der Waals surface area contributed by atoms with E-state index in [0.29, 0.717) is 6.54 Å². The number of aryl methyl sites for hydroxylation is 3. The van der Waals surface area contributed by atoms with E-state index in [1.54, 1.807) is 0 Å². The molecule has 0 unspecified atom stereocenters. The minimum absolute atomic E-state index is 0.0660. The fourth-order valence-electron chi connectivity index (χ4n) is 4.22. The van der Waals surface area contributed by atoms with Crippen molar-refractivity contribution in [3.8, 4) is 11.3 Å². The number of benzene rings is 2. The van der Waals surface area contributed by atoms with Gasteiger partial charge in [0.05, 0.1) is 17.9 Å². The van der Waals surface area contributed by atoms with Crippen LogP contribution in [0.3, 0.4) is 0 Å². The molecule has 0 radical (unpaired) electrons. The first-order valence-electron chi connectivity index (χ1n) is 11.9. The van der Waals surface area contributed by atoms with Gasteiger partial charge in [-0.1, -0.05) is 48.9 Å². The molecule has 4 aromatic rings. The van der Waals surface area contributed by atoms with Crippen LogP contribution in [0.25, 0.3) is 11.3 Å². The van der Waals surface area contributed by atoms with Crippen LogP contribution in [0, 0.1) is 13.8 Å². The smallest absolute Gasteiger partial charge is 0.253 e. The highest BCUT2D eigenvalue weighted by atomic mass is 16.2. The Morgan fingerprint density at radius 2 is 1.79 bits per heavy atom. The molecule has 1 amide bonds. The standard InChI is InChI=1S/C28H33N5O/c1-21-17-22(2)33(31-21)20-23-11-10-14-25(18-23)28(34)32(3)16-9-5-8-15-26-19-27(30-29-26)24-12-6-4-7-13-24/h4,6-7,10-14,17-19H,5,8-9,15-16,20H2,1-3H3,(H,29,30). The van der Waals surface area contributed by atoms with E-state index in [4.69, 9.17) is 0 Å². The summed E-state index contributed by atoms with van der Waals surface area (Å²) < 4.78 is 1.98. The second-order valence-corrected chi connectivity index (χ2v) is 8.97. The SMILES string of the molecule is Cc1cc(C)n(Cc2cccc(C(=O)N(C)CCCCCc3cc(-c4ccccc4)n[nH]3)c2)n1. The summed E-state index contributed by atoms with van der Waals surface area (Å²) in [5.74, 6) is 0.0660. The van der Waals surface area contributed by atoms with E-state index >= 15 is 0 Å². The van der Waals surface area contributed by atoms with Gasteiger partial charge in [-0.3, -0.25) is 14.6 Å². The van der Waals surface area contributed by atoms with Gasteiger partial charge in [-0.15, -0.1) is 0 Å². The maximum absolute atomic E-state index is 12.9. The molecule has 0 aliphatic carbocycles. The third-order valence-corrected chi connectivity index (χ3v) is 6.10. The second-order valence-electron chi connectivity index (χ2n) is 8.97. The highest BCUT2D eigenvalue weighted by molar-refractivity contribution is 5.94. The van der Waals surface area contributed by atoms with E-state index < -0.39 is 0 Å². The summed E-state index contributed by atoms with van der Waals surface area (Å²) in [6, 6.07) is 22.3. The summed E-state index contributed by atoms with van der Waals surface area (Å²) in [5, 5.41) is 12.1. The van der Waals surface area contributed by atoms with Gasteiger partial charge >= 0.3 is 0 Å². The average Bonchev–Trinajstić information content (AvgIpc) is 3.44. The summed E-state index contributed by atoms with van der Waals surface area (Å²) >= 11 is 0. The van der Waals surface area contributed by atoms with Gasteiger partial charge in [-0.25, -0.2) is 0 Å². The van der Waals surface area contributed by atoms with E-state index in [-0.39, 0.29) is 5.91 Å². The number of nitrogens with zero attached hydrogens (tertiary/aromatic N) is 4. The lowest BCUT2D eigenvalue weighted by molar-refractivity contribution is 0.0792. The van der Waals surface area contributed by atoms with Crippen molar-refractivity contribution in [2.75, 3.05) is 13.6 Å². The maximum Gasteiger partial charge on any atom is 0.253 e. The van der Waals surface area contributed by atoms with Gasteiger partial charge in [0.1, 0.15) is 0 Å². The van der Waals surface area contributed by atoms with Crippen LogP contribution in [0.15, 0.2) is 66.7 Å². The molecule has 0 aliphatic rings. The Morgan fingerprint density at radius 3 is 2.56 bits per heavy atom. The van der Waals surface area contributed by atoms with E-state index in [1.165, 1.54) is 0 Å². The van der Waals surface area contributed by atoms with Gasteiger partial charge in [0.15, 0.2) is 0 Å². The lowest BCUT2D eigenvalue weighted by Gasteiger charge is -2.17. The van der Waals surface area contributed by atoms with Crippen molar-refractivity contribution in [3.05, 3.63) is 94.9 Å². The topological polar surface area (TPSA) is 66.8 Å². The molecule has 1 N–H and O–H groups in total. The number of carbonyl (C=O) groups is 1. The third-order valence-electron chi connectivity index (χ3n) is 6.10. The molecular formula is C28H33N5O. The number of amides is 1. The molecule has 6 nitrogen and oxygen atoms in total. The molecule has 0 atom stereocenters. The fourth-order valence-corrected chi connectivity index (χ4v) is 4.22. The number of aromatic amines is 1. The maximum atomic E-state index is 12.9. The molecule has 2 aromatic carbocycles. The molecule has 2 heterocycles. The lowest BCUT2D eigenvalue weighted by atomic mass is 10.1.